The zero-order valence-electron chi connectivity index (χ0n) is 24.1. The first-order chi connectivity index (χ1) is 20.7. The Balaban J connectivity index is 1.29. The van der Waals surface area contributed by atoms with Crippen molar-refractivity contribution in [2.75, 3.05) is 20.3 Å². The Morgan fingerprint density at radius 3 is 2.35 bits per heavy atom. The predicted molar refractivity (Wildman–Crippen MR) is 160 cm³/mol. The van der Waals surface area contributed by atoms with Crippen molar-refractivity contribution in [1.82, 2.24) is 15.5 Å². The van der Waals surface area contributed by atoms with Gasteiger partial charge in [0.1, 0.15) is 0 Å². The lowest BCUT2D eigenvalue weighted by Gasteiger charge is -2.30. The number of carbonyl (C=O) groups is 2. The number of H-pyrrole nitrogens is 1. The van der Waals surface area contributed by atoms with Crippen LogP contribution in [0.1, 0.15) is 51.0 Å². The summed E-state index contributed by atoms with van der Waals surface area (Å²) in [5.41, 5.74) is 3.28. The summed E-state index contributed by atoms with van der Waals surface area (Å²) in [6, 6.07) is 15.2. The second-order valence-corrected chi connectivity index (χ2v) is 10.4. The third-order valence-electron chi connectivity index (χ3n) is 7.04. The smallest absolute Gasteiger partial charge is 0.336 e. The van der Waals surface area contributed by atoms with Crippen LogP contribution in [0.4, 0.5) is 5.69 Å². The van der Waals surface area contributed by atoms with E-state index in [1.54, 1.807) is 26.0 Å². The van der Waals surface area contributed by atoms with Crippen molar-refractivity contribution >= 4 is 29.2 Å². The van der Waals surface area contributed by atoms with Crippen LogP contribution in [0.3, 0.4) is 0 Å². The number of dihydropyridines is 1. The molecule has 0 radical (unpaired) electrons. The van der Waals surface area contributed by atoms with Crippen LogP contribution in [0.2, 0.25) is 5.02 Å². The molecule has 2 heterocycles. The average molecular weight is 609 g/mol. The number of ether oxygens (including phenoxy) is 3. The molecule has 12 heteroatoms. The maximum Gasteiger partial charge on any atom is 0.336 e. The monoisotopic (exact) mass is 608 g/mol. The molecular formula is C31H33ClN4O7. The van der Waals surface area contributed by atoms with Crippen LogP contribution in [-0.2, 0) is 19.1 Å². The van der Waals surface area contributed by atoms with Crippen LogP contribution in [-0.4, -0.2) is 47.4 Å². The number of methoxy groups -OCH3 is 1. The van der Waals surface area contributed by atoms with Gasteiger partial charge in [0.2, 0.25) is 5.88 Å². The van der Waals surface area contributed by atoms with E-state index in [4.69, 9.17) is 25.8 Å². The summed E-state index contributed by atoms with van der Waals surface area (Å²) >= 11 is 6.24. The van der Waals surface area contributed by atoms with E-state index in [-0.39, 0.29) is 23.4 Å². The van der Waals surface area contributed by atoms with E-state index in [2.05, 4.69) is 15.5 Å². The number of nitrogens with one attached hydrogen (secondary N) is 2. The molecule has 1 unspecified atom stereocenters. The van der Waals surface area contributed by atoms with Gasteiger partial charge in [0, 0.05) is 40.2 Å². The number of unbranched alkanes of at least 4 members (excludes halogenated alkanes) is 3. The fourth-order valence-corrected chi connectivity index (χ4v) is 5.21. The van der Waals surface area contributed by atoms with Crippen molar-refractivity contribution in [2.45, 2.75) is 45.4 Å². The molecule has 0 fully saturated rings. The molecule has 0 aliphatic carbocycles. The van der Waals surface area contributed by atoms with Crippen molar-refractivity contribution in [3.05, 3.63) is 97.8 Å². The Morgan fingerprint density at radius 2 is 1.65 bits per heavy atom. The van der Waals surface area contributed by atoms with E-state index in [0.717, 1.165) is 30.5 Å². The van der Waals surface area contributed by atoms with Crippen LogP contribution in [0.25, 0.3) is 11.3 Å². The van der Waals surface area contributed by atoms with E-state index < -0.39 is 22.8 Å². The first-order valence-corrected chi connectivity index (χ1v) is 14.2. The molecule has 0 spiro atoms. The number of aromatic amines is 1. The molecule has 1 atom stereocenters. The normalized spacial score (nSPS) is 14.7. The summed E-state index contributed by atoms with van der Waals surface area (Å²) < 4.78 is 16.3. The summed E-state index contributed by atoms with van der Waals surface area (Å²) in [5, 5.41) is 22.2. The van der Waals surface area contributed by atoms with E-state index in [1.807, 2.05) is 24.3 Å². The maximum absolute atomic E-state index is 13.3. The molecule has 0 saturated heterocycles. The van der Waals surface area contributed by atoms with Crippen molar-refractivity contribution in [3.8, 4) is 17.1 Å². The van der Waals surface area contributed by atoms with Gasteiger partial charge in [0.05, 0.1) is 48.0 Å². The number of hydrogen-bond acceptors (Lipinski definition) is 9. The topological polar surface area (TPSA) is 146 Å². The lowest BCUT2D eigenvalue weighted by atomic mass is 9.80. The van der Waals surface area contributed by atoms with Crippen LogP contribution < -0.4 is 10.1 Å². The minimum Gasteiger partial charge on any atom is -0.477 e. The SMILES string of the molecule is COC(=O)C1=C(C)NC(C)=C(C(=O)OCCCCCCOc2cc(-c3ccccc3Cl)[nH]n2)C1c1cccc([N+](=O)[O-])c1. The van der Waals surface area contributed by atoms with E-state index in [1.165, 1.54) is 25.3 Å². The number of benzene rings is 2. The lowest BCUT2D eigenvalue weighted by Crippen LogP contribution is -2.32. The second-order valence-electron chi connectivity index (χ2n) is 9.98. The van der Waals surface area contributed by atoms with Gasteiger partial charge < -0.3 is 19.5 Å². The predicted octanol–water partition coefficient (Wildman–Crippen LogP) is 6.23. The molecule has 4 rings (SSSR count). The van der Waals surface area contributed by atoms with Crippen LogP contribution >= 0.6 is 11.6 Å². The molecule has 1 aliphatic rings. The number of allylic oxidation sites excluding steroid dienone is 2. The molecule has 1 aliphatic heterocycles. The lowest BCUT2D eigenvalue weighted by molar-refractivity contribution is -0.384. The highest BCUT2D eigenvalue weighted by atomic mass is 35.5. The highest BCUT2D eigenvalue weighted by Crippen LogP contribution is 2.40. The third kappa shape index (κ3) is 7.61. The molecule has 2 aromatic carbocycles. The van der Waals surface area contributed by atoms with E-state index >= 15 is 0 Å². The maximum atomic E-state index is 13.3. The van der Waals surface area contributed by atoms with Gasteiger partial charge in [-0.3, -0.25) is 15.2 Å². The fourth-order valence-electron chi connectivity index (χ4n) is 4.97. The van der Waals surface area contributed by atoms with Crippen LogP contribution in [0.15, 0.2) is 77.1 Å². The second kappa shape index (κ2) is 14.5. The summed E-state index contributed by atoms with van der Waals surface area (Å²) in [6.45, 7) is 4.05. The van der Waals surface area contributed by atoms with Crippen molar-refractivity contribution < 1.29 is 28.7 Å². The molecule has 3 aromatic rings. The summed E-state index contributed by atoms with van der Waals surface area (Å²) in [7, 11) is 1.24. The van der Waals surface area contributed by atoms with Gasteiger partial charge in [-0.05, 0) is 51.2 Å². The molecule has 226 valence electrons. The van der Waals surface area contributed by atoms with Gasteiger partial charge in [-0.25, -0.2) is 9.59 Å². The molecule has 11 nitrogen and oxygen atoms in total. The first kappa shape index (κ1) is 31.3. The summed E-state index contributed by atoms with van der Waals surface area (Å²) in [6.07, 6.45) is 3.08. The Morgan fingerprint density at radius 1 is 0.953 bits per heavy atom. The highest BCUT2D eigenvalue weighted by Gasteiger charge is 2.38. The number of non-ortho nitro benzene ring substituents is 1. The number of aromatic nitrogens is 2. The van der Waals surface area contributed by atoms with Gasteiger partial charge in [0.15, 0.2) is 0 Å². The standard InChI is InChI=1S/C31H33ClN4O7/c1-19-27(30(37)41-3)29(21-11-10-12-22(17-21)36(39)40)28(20(2)33-19)31(38)43-16-9-5-4-8-15-42-26-18-25(34-35-26)23-13-6-7-14-24(23)32/h6-7,10-14,17-18,29,33H,4-5,8-9,15-16H2,1-3H3,(H,34,35). The quantitative estimate of drug-likeness (QED) is 0.0997. The Labute approximate surface area is 254 Å². The summed E-state index contributed by atoms with van der Waals surface area (Å²) in [5.74, 6) is -1.65. The number of rotatable bonds is 13. The third-order valence-corrected chi connectivity index (χ3v) is 7.37. The van der Waals surface area contributed by atoms with Gasteiger partial charge in [-0.1, -0.05) is 41.9 Å². The molecule has 2 N–H and O–H groups in total. The largest absolute Gasteiger partial charge is 0.477 e. The average Bonchev–Trinajstić information content (AvgIpc) is 3.46. The Kier molecular flexibility index (Phi) is 10.6. The number of esters is 2. The van der Waals surface area contributed by atoms with Crippen molar-refractivity contribution in [2.24, 2.45) is 0 Å². The molecule has 43 heavy (non-hydrogen) atoms. The highest BCUT2D eigenvalue weighted by molar-refractivity contribution is 6.33. The number of halogens is 1. The molecule has 0 amide bonds. The van der Waals surface area contributed by atoms with Gasteiger partial charge >= 0.3 is 11.9 Å². The number of nitrogens with zero attached hydrogens (tertiary/aromatic N) is 2. The molecular weight excluding hydrogens is 576 g/mol. The zero-order chi connectivity index (χ0) is 30.9. The van der Waals surface area contributed by atoms with Crippen LogP contribution in [0.5, 0.6) is 5.88 Å². The van der Waals surface area contributed by atoms with Crippen LogP contribution in [0, 0.1) is 10.1 Å². The number of hydrogen-bond donors (Lipinski definition) is 2. The number of nitro benzene ring substituents is 1. The van der Waals surface area contributed by atoms with Gasteiger partial charge in [-0.15, -0.1) is 5.10 Å². The summed E-state index contributed by atoms with van der Waals surface area (Å²) in [4.78, 5) is 37.0. The zero-order valence-corrected chi connectivity index (χ0v) is 24.9. The minimum absolute atomic E-state index is 0.152. The molecule has 0 saturated carbocycles. The number of nitro groups is 1. The first-order valence-electron chi connectivity index (χ1n) is 13.8. The van der Waals surface area contributed by atoms with Gasteiger partial charge in [-0.2, -0.15) is 0 Å². The fraction of sp³-hybridized carbons (Fsp3) is 0.323. The van der Waals surface area contributed by atoms with Gasteiger partial charge in [0.25, 0.3) is 5.69 Å². The number of carbonyl (C=O) groups excluding carboxylic acids is 2. The van der Waals surface area contributed by atoms with E-state index in [9.17, 15) is 19.7 Å². The molecule has 0 bridgehead atoms. The Bertz CT molecular complexity index is 1560. The van der Waals surface area contributed by atoms with Crippen molar-refractivity contribution in [1.29, 1.82) is 0 Å². The minimum atomic E-state index is -0.890. The Hall–Kier alpha value is -4.64. The van der Waals surface area contributed by atoms with Crippen molar-refractivity contribution in [3.63, 3.8) is 0 Å². The van der Waals surface area contributed by atoms with E-state index in [0.29, 0.717) is 40.9 Å². The molecule has 1 aromatic heterocycles.